The molecule has 1 heterocycles. The molecule has 0 saturated carbocycles. The lowest BCUT2D eigenvalue weighted by Crippen LogP contribution is -2.33. The van der Waals surface area contributed by atoms with E-state index < -0.39 is 0 Å². The maximum atomic E-state index is 12.3. The van der Waals surface area contributed by atoms with Crippen molar-refractivity contribution < 1.29 is 14.6 Å². The molecule has 4 nitrogen and oxygen atoms in total. The Labute approximate surface area is 116 Å². The van der Waals surface area contributed by atoms with Crippen LogP contribution in [0.5, 0.6) is 5.75 Å². The number of carbonyl (C=O) groups excluding carboxylic acids is 1. The van der Waals surface area contributed by atoms with E-state index in [-0.39, 0.29) is 23.3 Å². The fraction of sp³-hybridized carbons (Fsp3) is 0.188. The minimum Gasteiger partial charge on any atom is -0.508 e. The van der Waals surface area contributed by atoms with E-state index in [2.05, 4.69) is 0 Å². The van der Waals surface area contributed by atoms with E-state index in [1.807, 2.05) is 13.0 Å². The van der Waals surface area contributed by atoms with E-state index in [1.54, 1.807) is 30.3 Å². The number of aromatic hydroxyl groups is 1. The van der Waals surface area contributed by atoms with Crippen molar-refractivity contribution in [1.29, 1.82) is 0 Å². The highest BCUT2D eigenvalue weighted by molar-refractivity contribution is 6.13. The van der Waals surface area contributed by atoms with Gasteiger partial charge < -0.3 is 15.6 Å². The van der Waals surface area contributed by atoms with Crippen molar-refractivity contribution in [3.8, 4) is 5.75 Å². The van der Waals surface area contributed by atoms with Gasteiger partial charge in [0.2, 0.25) is 5.78 Å². The second-order valence-electron chi connectivity index (χ2n) is 5.06. The zero-order chi connectivity index (χ0) is 14.3. The molecule has 1 aliphatic carbocycles. The predicted octanol–water partition coefficient (Wildman–Crippen LogP) is 2.26. The number of rotatable bonds is 1. The van der Waals surface area contributed by atoms with Gasteiger partial charge in [-0.2, -0.15) is 0 Å². The highest BCUT2D eigenvalue weighted by Crippen LogP contribution is 2.34. The van der Waals surface area contributed by atoms with Gasteiger partial charge in [-0.25, -0.2) is 0 Å². The van der Waals surface area contributed by atoms with Gasteiger partial charge in [0.15, 0.2) is 5.76 Å². The smallest absolute Gasteiger partial charge is 0.212 e. The van der Waals surface area contributed by atoms with Crippen LogP contribution in [0.4, 0.5) is 0 Å². The Kier molecular flexibility index (Phi) is 2.86. The number of ether oxygens (including phenoxy) is 1. The fourth-order valence-electron chi connectivity index (χ4n) is 2.44. The maximum Gasteiger partial charge on any atom is 0.212 e. The molecule has 0 bridgehead atoms. The normalized spacial score (nSPS) is 21.9. The monoisotopic (exact) mass is 269 g/mol. The van der Waals surface area contributed by atoms with Gasteiger partial charge in [0, 0.05) is 17.6 Å². The van der Waals surface area contributed by atoms with Gasteiger partial charge in [0.1, 0.15) is 17.6 Å². The third-order valence-electron chi connectivity index (χ3n) is 3.54. The Balaban J connectivity index is 2.03. The number of phenolic OH excluding ortho intramolecular Hbond substituents is 1. The summed E-state index contributed by atoms with van der Waals surface area (Å²) in [5.74, 6) is 0.381. The third-order valence-corrected chi connectivity index (χ3v) is 3.54. The average Bonchev–Trinajstić information content (AvgIpc) is 2.44. The molecule has 0 spiro atoms. The minimum atomic E-state index is -0.274. The van der Waals surface area contributed by atoms with Crippen LogP contribution in [-0.2, 0) is 9.53 Å². The van der Waals surface area contributed by atoms with Gasteiger partial charge in [-0.15, -0.1) is 0 Å². The van der Waals surface area contributed by atoms with Crippen LogP contribution in [0.15, 0.2) is 53.3 Å². The van der Waals surface area contributed by atoms with Crippen molar-refractivity contribution >= 4 is 11.5 Å². The van der Waals surface area contributed by atoms with E-state index >= 15 is 0 Å². The van der Waals surface area contributed by atoms with Gasteiger partial charge in [-0.1, -0.05) is 17.7 Å². The molecule has 3 N–H and O–H groups in total. The molecule has 2 aliphatic rings. The van der Waals surface area contributed by atoms with Gasteiger partial charge in [-0.05, 0) is 31.2 Å². The number of carbonyl (C=O) groups is 1. The van der Waals surface area contributed by atoms with Crippen LogP contribution >= 0.6 is 0 Å². The van der Waals surface area contributed by atoms with E-state index in [9.17, 15) is 9.90 Å². The van der Waals surface area contributed by atoms with Crippen LogP contribution < -0.4 is 5.73 Å². The molecule has 1 aromatic carbocycles. The van der Waals surface area contributed by atoms with Crippen molar-refractivity contribution in [3.63, 3.8) is 0 Å². The van der Waals surface area contributed by atoms with Crippen LogP contribution in [0.25, 0.3) is 5.76 Å². The number of Topliss-reactive ketones (excluding diaryl/α,β-unsaturated/α-hetero) is 1. The number of hydrogen-bond donors (Lipinski definition) is 2. The second-order valence-corrected chi connectivity index (χ2v) is 5.06. The molecule has 0 aromatic heterocycles. The first-order valence-corrected chi connectivity index (χ1v) is 6.44. The molecule has 0 saturated heterocycles. The van der Waals surface area contributed by atoms with E-state index in [0.29, 0.717) is 23.3 Å². The van der Waals surface area contributed by atoms with Crippen LogP contribution in [0.2, 0.25) is 0 Å². The van der Waals surface area contributed by atoms with Crippen molar-refractivity contribution in [2.75, 3.05) is 0 Å². The van der Waals surface area contributed by atoms with Gasteiger partial charge in [0.25, 0.3) is 0 Å². The Bertz CT molecular complexity index is 665. The number of allylic oxidation sites excluding steroid dienone is 3. The molecule has 0 amide bonds. The summed E-state index contributed by atoms with van der Waals surface area (Å²) in [5, 5.41) is 9.32. The van der Waals surface area contributed by atoms with Crippen LogP contribution in [0, 0.1) is 0 Å². The summed E-state index contributed by atoms with van der Waals surface area (Å²) in [6, 6.07) is 6.46. The Morgan fingerprint density at radius 1 is 1.25 bits per heavy atom. The van der Waals surface area contributed by atoms with Crippen LogP contribution in [0.3, 0.4) is 0 Å². The molecule has 0 fully saturated rings. The molecule has 0 radical (unpaired) electrons. The lowest BCUT2D eigenvalue weighted by atomic mass is 9.89. The topological polar surface area (TPSA) is 72.6 Å². The Hall–Kier alpha value is -2.49. The first kappa shape index (κ1) is 12.5. The van der Waals surface area contributed by atoms with Gasteiger partial charge >= 0.3 is 0 Å². The Morgan fingerprint density at radius 2 is 1.95 bits per heavy atom. The maximum absolute atomic E-state index is 12.3. The number of benzene rings is 1. The van der Waals surface area contributed by atoms with E-state index in [4.69, 9.17) is 10.5 Å². The standard InChI is InChI=1S/C16H15NO3/c1-9-2-7-12-13(8-9)20-16(14(17)15(12)19)10-3-5-11(18)6-4-10/h2-7,13,18H,8,17H2,1H3. The highest BCUT2D eigenvalue weighted by atomic mass is 16.5. The predicted molar refractivity (Wildman–Crippen MR) is 75.6 cm³/mol. The third kappa shape index (κ3) is 1.99. The summed E-state index contributed by atoms with van der Waals surface area (Å²) in [6.45, 7) is 2.00. The molecule has 1 atom stereocenters. The highest BCUT2D eigenvalue weighted by Gasteiger charge is 2.34. The van der Waals surface area contributed by atoms with Gasteiger partial charge in [0.05, 0.1) is 0 Å². The fourth-order valence-corrected chi connectivity index (χ4v) is 2.44. The molecular formula is C16H15NO3. The summed E-state index contributed by atoms with van der Waals surface area (Å²) in [7, 11) is 0. The lowest BCUT2D eigenvalue weighted by molar-refractivity contribution is -0.114. The molecule has 1 unspecified atom stereocenters. The molecule has 3 rings (SSSR count). The van der Waals surface area contributed by atoms with Gasteiger partial charge in [-0.3, -0.25) is 4.79 Å². The van der Waals surface area contributed by atoms with E-state index in [0.717, 1.165) is 5.57 Å². The lowest BCUT2D eigenvalue weighted by Gasteiger charge is -2.30. The average molecular weight is 269 g/mol. The summed E-state index contributed by atoms with van der Waals surface area (Å²) in [4.78, 5) is 12.3. The van der Waals surface area contributed by atoms with Crippen molar-refractivity contribution in [2.45, 2.75) is 19.4 Å². The molecule has 102 valence electrons. The first-order chi connectivity index (χ1) is 9.56. The summed E-state index contributed by atoms with van der Waals surface area (Å²) in [6.07, 6.45) is 4.12. The number of phenols is 1. The second kappa shape index (κ2) is 4.56. The van der Waals surface area contributed by atoms with Crippen LogP contribution in [-0.4, -0.2) is 17.0 Å². The van der Waals surface area contributed by atoms with Crippen molar-refractivity contribution in [1.82, 2.24) is 0 Å². The molecule has 20 heavy (non-hydrogen) atoms. The number of fused-ring (bicyclic) bond motifs is 1. The van der Waals surface area contributed by atoms with E-state index in [1.165, 1.54) is 0 Å². The molecule has 1 aromatic rings. The van der Waals surface area contributed by atoms with Crippen molar-refractivity contribution in [3.05, 3.63) is 58.8 Å². The number of hydrogen-bond acceptors (Lipinski definition) is 4. The number of ketones is 1. The largest absolute Gasteiger partial charge is 0.508 e. The SMILES string of the molecule is CC1=CC=C2C(=O)C(N)=C(c3ccc(O)cc3)OC2C1. The van der Waals surface area contributed by atoms with Crippen molar-refractivity contribution in [2.24, 2.45) is 5.73 Å². The summed E-state index contributed by atoms with van der Waals surface area (Å²) in [5.41, 5.74) is 8.50. The summed E-state index contributed by atoms with van der Waals surface area (Å²) >= 11 is 0. The molecule has 1 aliphatic heterocycles. The zero-order valence-corrected chi connectivity index (χ0v) is 11.1. The number of nitrogens with two attached hydrogens (primary N) is 1. The molecular weight excluding hydrogens is 254 g/mol. The minimum absolute atomic E-state index is 0.117. The molecule has 4 heteroatoms. The Morgan fingerprint density at radius 3 is 2.65 bits per heavy atom. The zero-order valence-electron chi connectivity index (χ0n) is 11.1. The quantitative estimate of drug-likeness (QED) is 0.820. The summed E-state index contributed by atoms with van der Waals surface area (Å²) < 4.78 is 5.91. The first-order valence-electron chi connectivity index (χ1n) is 6.44. The van der Waals surface area contributed by atoms with Crippen LogP contribution in [0.1, 0.15) is 18.9 Å².